The van der Waals surface area contributed by atoms with E-state index < -0.39 is 0 Å². The van der Waals surface area contributed by atoms with Crippen molar-refractivity contribution in [3.05, 3.63) is 34.9 Å². The molecule has 0 radical (unpaired) electrons. The quantitative estimate of drug-likeness (QED) is 0.820. The molecule has 23 heavy (non-hydrogen) atoms. The maximum absolute atomic E-state index is 12.7. The molecule has 124 valence electrons. The van der Waals surface area contributed by atoms with E-state index in [-0.39, 0.29) is 36.2 Å². The van der Waals surface area contributed by atoms with E-state index in [2.05, 4.69) is 0 Å². The number of nitrogens with two attached hydrogens (primary N) is 1. The zero-order valence-corrected chi connectivity index (χ0v) is 13.9. The molecular formula is C16H20ClN3O3. The second-order valence-corrected chi connectivity index (χ2v) is 6.07. The Labute approximate surface area is 141 Å². The SMILES string of the molecule is CC1CC(CN)CN1C(=O)c1ccc2c(c1)C(=O)N(C)C2=O.Cl. The van der Waals surface area contributed by atoms with Crippen LogP contribution in [0.4, 0.5) is 0 Å². The molecule has 2 aliphatic rings. The number of fused-ring (bicyclic) bond motifs is 1. The zero-order valence-electron chi connectivity index (χ0n) is 13.1. The number of amides is 3. The summed E-state index contributed by atoms with van der Waals surface area (Å²) in [6.45, 7) is 3.21. The molecule has 1 fully saturated rings. The molecule has 2 unspecified atom stereocenters. The topological polar surface area (TPSA) is 83.7 Å². The van der Waals surface area contributed by atoms with E-state index in [4.69, 9.17) is 5.73 Å². The number of likely N-dealkylation sites (tertiary alicyclic amines) is 1. The van der Waals surface area contributed by atoms with Crippen LogP contribution in [0.5, 0.6) is 0 Å². The first-order valence-electron chi connectivity index (χ1n) is 7.41. The summed E-state index contributed by atoms with van der Waals surface area (Å²) in [7, 11) is 1.44. The predicted octanol–water partition coefficient (Wildman–Crippen LogP) is 1.14. The first-order valence-corrected chi connectivity index (χ1v) is 7.41. The van der Waals surface area contributed by atoms with Gasteiger partial charge in [-0.25, -0.2) is 0 Å². The number of carbonyl (C=O) groups is 3. The molecule has 2 heterocycles. The Balaban J connectivity index is 0.00000192. The molecule has 2 N–H and O–H groups in total. The Morgan fingerprint density at radius 3 is 2.52 bits per heavy atom. The second-order valence-electron chi connectivity index (χ2n) is 6.07. The standard InChI is InChI=1S/C16H19N3O3.ClH/c1-9-5-10(7-17)8-19(9)14(20)11-3-4-12-13(6-11)16(22)18(2)15(12)21;/h3-4,6,9-10H,5,7-8,17H2,1-2H3;1H. The van der Waals surface area contributed by atoms with Gasteiger partial charge in [-0.3, -0.25) is 19.3 Å². The summed E-state index contributed by atoms with van der Waals surface area (Å²) in [6.07, 6.45) is 0.896. The summed E-state index contributed by atoms with van der Waals surface area (Å²) in [5.41, 5.74) is 6.80. The first-order chi connectivity index (χ1) is 10.4. The third-order valence-corrected chi connectivity index (χ3v) is 4.59. The normalized spacial score (nSPS) is 23.1. The van der Waals surface area contributed by atoms with Crippen LogP contribution in [0.15, 0.2) is 18.2 Å². The highest BCUT2D eigenvalue weighted by Gasteiger charge is 2.35. The molecule has 6 nitrogen and oxygen atoms in total. The van der Waals surface area contributed by atoms with Crippen LogP contribution in [0.1, 0.15) is 44.4 Å². The number of nitrogens with zero attached hydrogens (tertiary/aromatic N) is 2. The van der Waals surface area contributed by atoms with Crippen molar-refractivity contribution in [3.63, 3.8) is 0 Å². The van der Waals surface area contributed by atoms with Gasteiger partial charge in [0.1, 0.15) is 0 Å². The molecule has 0 spiro atoms. The molecule has 7 heteroatoms. The van der Waals surface area contributed by atoms with E-state index in [1.807, 2.05) is 6.92 Å². The van der Waals surface area contributed by atoms with Crippen molar-refractivity contribution in [2.75, 3.05) is 20.1 Å². The third kappa shape index (κ3) is 2.72. The molecule has 1 aromatic carbocycles. The summed E-state index contributed by atoms with van der Waals surface area (Å²) >= 11 is 0. The fraction of sp³-hybridized carbons (Fsp3) is 0.438. The molecule has 0 bridgehead atoms. The number of halogens is 1. The Morgan fingerprint density at radius 2 is 1.91 bits per heavy atom. The number of hydrogen-bond donors (Lipinski definition) is 1. The van der Waals surface area contributed by atoms with Gasteiger partial charge in [0.05, 0.1) is 11.1 Å². The van der Waals surface area contributed by atoms with Gasteiger partial charge in [-0.15, -0.1) is 12.4 Å². The summed E-state index contributed by atoms with van der Waals surface area (Å²) in [5.74, 6) is -0.468. The van der Waals surface area contributed by atoms with Gasteiger partial charge >= 0.3 is 0 Å². The minimum atomic E-state index is -0.357. The van der Waals surface area contributed by atoms with E-state index >= 15 is 0 Å². The van der Waals surface area contributed by atoms with Crippen molar-refractivity contribution < 1.29 is 14.4 Å². The molecule has 2 aliphatic heterocycles. The van der Waals surface area contributed by atoms with Crippen LogP contribution in [0.3, 0.4) is 0 Å². The highest BCUT2D eigenvalue weighted by atomic mass is 35.5. The molecule has 3 amide bonds. The maximum Gasteiger partial charge on any atom is 0.261 e. The van der Waals surface area contributed by atoms with Crippen molar-refractivity contribution in [1.29, 1.82) is 0 Å². The number of rotatable bonds is 2. The average Bonchev–Trinajstić information content (AvgIpc) is 3.00. The number of benzene rings is 1. The van der Waals surface area contributed by atoms with Gasteiger partial charge in [-0.05, 0) is 44.0 Å². The molecule has 0 aliphatic carbocycles. The van der Waals surface area contributed by atoms with E-state index in [0.29, 0.717) is 35.7 Å². The van der Waals surface area contributed by atoms with Gasteiger partial charge in [0.25, 0.3) is 17.7 Å². The zero-order chi connectivity index (χ0) is 16.0. The van der Waals surface area contributed by atoms with Crippen LogP contribution in [0.2, 0.25) is 0 Å². The first kappa shape index (κ1) is 17.4. The number of hydrogen-bond acceptors (Lipinski definition) is 4. The van der Waals surface area contributed by atoms with Crippen LogP contribution in [0, 0.1) is 5.92 Å². The lowest BCUT2D eigenvalue weighted by atomic mass is 10.0. The third-order valence-electron chi connectivity index (χ3n) is 4.59. The monoisotopic (exact) mass is 337 g/mol. The highest BCUT2D eigenvalue weighted by Crippen LogP contribution is 2.27. The van der Waals surface area contributed by atoms with E-state index in [0.717, 1.165) is 11.3 Å². The molecule has 0 aromatic heterocycles. The Morgan fingerprint density at radius 1 is 1.26 bits per heavy atom. The van der Waals surface area contributed by atoms with Crippen LogP contribution in [-0.4, -0.2) is 53.7 Å². The smallest absolute Gasteiger partial charge is 0.261 e. The Kier molecular flexibility index (Phi) is 4.77. The predicted molar refractivity (Wildman–Crippen MR) is 87.8 cm³/mol. The fourth-order valence-corrected chi connectivity index (χ4v) is 3.26. The van der Waals surface area contributed by atoms with Crippen molar-refractivity contribution in [3.8, 4) is 0 Å². The summed E-state index contributed by atoms with van der Waals surface area (Å²) < 4.78 is 0. The van der Waals surface area contributed by atoms with Gasteiger partial charge in [0.15, 0.2) is 0 Å². The van der Waals surface area contributed by atoms with Crippen LogP contribution in [0.25, 0.3) is 0 Å². The minimum Gasteiger partial charge on any atom is -0.336 e. The fourth-order valence-electron chi connectivity index (χ4n) is 3.26. The van der Waals surface area contributed by atoms with Crippen LogP contribution < -0.4 is 5.73 Å². The number of carbonyl (C=O) groups excluding carboxylic acids is 3. The molecule has 3 rings (SSSR count). The van der Waals surface area contributed by atoms with Gasteiger partial charge < -0.3 is 10.6 Å². The number of imide groups is 1. The van der Waals surface area contributed by atoms with Gasteiger partial charge in [-0.2, -0.15) is 0 Å². The van der Waals surface area contributed by atoms with Crippen molar-refractivity contribution >= 4 is 30.1 Å². The molecule has 1 aromatic rings. The van der Waals surface area contributed by atoms with E-state index in [1.165, 1.54) is 13.1 Å². The van der Waals surface area contributed by atoms with Gasteiger partial charge in [-0.1, -0.05) is 0 Å². The Bertz CT molecular complexity index is 677. The van der Waals surface area contributed by atoms with Gasteiger partial charge in [0, 0.05) is 25.2 Å². The highest BCUT2D eigenvalue weighted by molar-refractivity contribution is 6.21. The summed E-state index contributed by atoms with van der Waals surface area (Å²) in [5, 5.41) is 0. The minimum absolute atomic E-state index is 0. The lowest BCUT2D eigenvalue weighted by Gasteiger charge is -2.21. The molecular weight excluding hydrogens is 318 g/mol. The molecule has 2 atom stereocenters. The van der Waals surface area contributed by atoms with E-state index in [9.17, 15) is 14.4 Å². The van der Waals surface area contributed by atoms with Crippen LogP contribution in [-0.2, 0) is 0 Å². The van der Waals surface area contributed by atoms with E-state index in [1.54, 1.807) is 17.0 Å². The summed E-state index contributed by atoms with van der Waals surface area (Å²) in [6, 6.07) is 4.85. The van der Waals surface area contributed by atoms with Crippen molar-refractivity contribution in [2.45, 2.75) is 19.4 Å². The second kappa shape index (κ2) is 6.29. The van der Waals surface area contributed by atoms with Crippen molar-refractivity contribution in [2.24, 2.45) is 11.7 Å². The lowest BCUT2D eigenvalue weighted by Crippen LogP contribution is -2.34. The maximum atomic E-state index is 12.7. The average molecular weight is 338 g/mol. The molecule has 0 saturated carbocycles. The van der Waals surface area contributed by atoms with Crippen LogP contribution >= 0.6 is 12.4 Å². The lowest BCUT2D eigenvalue weighted by molar-refractivity contribution is 0.0692. The van der Waals surface area contributed by atoms with Crippen molar-refractivity contribution in [1.82, 2.24) is 9.80 Å². The van der Waals surface area contributed by atoms with Gasteiger partial charge in [0.2, 0.25) is 0 Å². The summed E-state index contributed by atoms with van der Waals surface area (Å²) in [4.78, 5) is 39.4. The largest absolute Gasteiger partial charge is 0.336 e. The Hall–Kier alpha value is -1.92. The molecule has 1 saturated heterocycles.